The Morgan fingerprint density at radius 1 is 1.50 bits per heavy atom. The fourth-order valence-corrected chi connectivity index (χ4v) is 2.88. The average molecular weight is 268 g/mol. The minimum absolute atomic E-state index is 0.153. The maximum Gasteiger partial charge on any atom is 0.122 e. The highest BCUT2D eigenvalue weighted by molar-refractivity contribution is 7.11. The van der Waals surface area contributed by atoms with Gasteiger partial charge in [0.25, 0.3) is 0 Å². The number of nitrogens with one attached hydrogen (secondary N) is 1. The second kappa shape index (κ2) is 5.68. The molecule has 0 radical (unpaired) electrons. The summed E-state index contributed by atoms with van der Waals surface area (Å²) in [6.07, 6.45) is 4.82. The van der Waals surface area contributed by atoms with Crippen LogP contribution in [-0.4, -0.2) is 17.1 Å². The molecule has 1 aromatic rings. The van der Waals surface area contributed by atoms with E-state index in [0.29, 0.717) is 5.92 Å². The molecule has 2 rings (SSSR count). The average Bonchev–Trinajstić information content (AvgIpc) is 3.01. The molecule has 0 bridgehead atoms. The lowest BCUT2D eigenvalue weighted by molar-refractivity contribution is 0.0462. The molecule has 102 valence electrons. The molecule has 4 heteroatoms. The molecule has 3 nitrogen and oxygen atoms in total. The highest BCUT2D eigenvalue weighted by atomic mass is 32.1. The van der Waals surface area contributed by atoms with E-state index in [0.717, 1.165) is 18.2 Å². The molecule has 0 aliphatic heterocycles. The van der Waals surface area contributed by atoms with Crippen LogP contribution >= 0.6 is 11.3 Å². The molecular weight excluding hydrogens is 244 g/mol. The van der Waals surface area contributed by atoms with E-state index in [-0.39, 0.29) is 11.6 Å². The van der Waals surface area contributed by atoms with E-state index < -0.39 is 0 Å². The van der Waals surface area contributed by atoms with Crippen LogP contribution in [0.15, 0.2) is 6.20 Å². The second-order valence-corrected chi connectivity index (χ2v) is 7.13. The Morgan fingerprint density at radius 2 is 2.22 bits per heavy atom. The number of rotatable bonds is 6. The van der Waals surface area contributed by atoms with Crippen molar-refractivity contribution >= 4 is 11.3 Å². The van der Waals surface area contributed by atoms with Crippen LogP contribution in [-0.2, 0) is 11.3 Å². The first kappa shape index (κ1) is 14.0. The first-order valence-corrected chi connectivity index (χ1v) is 7.62. The van der Waals surface area contributed by atoms with Gasteiger partial charge in [-0.15, -0.1) is 11.3 Å². The molecule has 0 aromatic carbocycles. The number of aromatic nitrogens is 1. The molecule has 18 heavy (non-hydrogen) atoms. The van der Waals surface area contributed by atoms with Gasteiger partial charge in [0.15, 0.2) is 0 Å². The Bertz CT molecular complexity index is 379. The normalized spacial score (nSPS) is 18.0. The van der Waals surface area contributed by atoms with Crippen LogP contribution in [0.5, 0.6) is 0 Å². The summed E-state index contributed by atoms with van der Waals surface area (Å²) in [5.41, 5.74) is 0.153. The van der Waals surface area contributed by atoms with Gasteiger partial charge in [0.2, 0.25) is 0 Å². The summed E-state index contributed by atoms with van der Waals surface area (Å²) in [5.74, 6) is 0.708. The molecule has 0 spiro atoms. The first-order valence-electron chi connectivity index (χ1n) is 6.81. The van der Waals surface area contributed by atoms with E-state index in [1.165, 1.54) is 17.7 Å². The van der Waals surface area contributed by atoms with Gasteiger partial charge >= 0.3 is 0 Å². The zero-order valence-electron chi connectivity index (χ0n) is 11.8. The van der Waals surface area contributed by atoms with Crippen molar-refractivity contribution in [3.8, 4) is 0 Å². The van der Waals surface area contributed by atoms with E-state index in [1.54, 1.807) is 11.3 Å². The molecule has 1 atom stereocenters. The molecule has 0 amide bonds. The SMILES string of the molecule is CCOC(c1ncc(CNC(C)(C)C)s1)C1CC1. The van der Waals surface area contributed by atoms with E-state index in [2.05, 4.69) is 38.0 Å². The van der Waals surface area contributed by atoms with Crippen LogP contribution in [0.2, 0.25) is 0 Å². The Balaban J connectivity index is 1.95. The van der Waals surface area contributed by atoms with Crippen molar-refractivity contribution in [2.45, 2.75) is 58.7 Å². The standard InChI is InChI=1S/C14H24N2OS/c1-5-17-12(10-6-7-10)13-15-8-11(18-13)9-16-14(2,3)4/h8,10,12,16H,5-7,9H2,1-4H3. The largest absolute Gasteiger partial charge is 0.371 e. The number of ether oxygens (including phenoxy) is 1. The molecule has 1 N–H and O–H groups in total. The van der Waals surface area contributed by atoms with Gasteiger partial charge in [-0.1, -0.05) is 0 Å². The third-order valence-electron chi connectivity index (χ3n) is 3.00. The Kier molecular flexibility index (Phi) is 4.41. The van der Waals surface area contributed by atoms with Crippen molar-refractivity contribution in [2.75, 3.05) is 6.61 Å². The van der Waals surface area contributed by atoms with Crippen LogP contribution in [0.1, 0.15) is 56.5 Å². The van der Waals surface area contributed by atoms with E-state index in [4.69, 9.17) is 4.74 Å². The van der Waals surface area contributed by atoms with E-state index in [9.17, 15) is 0 Å². The fraction of sp³-hybridized carbons (Fsp3) is 0.786. The first-order chi connectivity index (χ1) is 8.49. The van der Waals surface area contributed by atoms with Crippen LogP contribution in [0.4, 0.5) is 0 Å². The van der Waals surface area contributed by atoms with Gasteiger partial charge < -0.3 is 10.1 Å². The Labute approximate surface area is 114 Å². The molecule has 1 fully saturated rings. The van der Waals surface area contributed by atoms with Crippen LogP contribution in [0, 0.1) is 5.92 Å². The molecule has 0 saturated heterocycles. The lowest BCUT2D eigenvalue weighted by Crippen LogP contribution is -2.34. The lowest BCUT2D eigenvalue weighted by atomic mass is 10.1. The second-order valence-electron chi connectivity index (χ2n) is 5.98. The summed E-state index contributed by atoms with van der Waals surface area (Å²) in [5, 5.41) is 4.65. The highest BCUT2D eigenvalue weighted by Gasteiger charge is 2.34. The summed E-state index contributed by atoms with van der Waals surface area (Å²) in [4.78, 5) is 5.85. The van der Waals surface area contributed by atoms with Crippen molar-refractivity contribution in [2.24, 2.45) is 5.92 Å². The van der Waals surface area contributed by atoms with E-state index >= 15 is 0 Å². The van der Waals surface area contributed by atoms with Gasteiger partial charge in [-0.05, 0) is 46.5 Å². The number of hydrogen-bond donors (Lipinski definition) is 1. The molecular formula is C14H24N2OS. The molecule has 1 aliphatic carbocycles. The summed E-state index contributed by atoms with van der Waals surface area (Å²) < 4.78 is 5.84. The van der Waals surface area contributed by atoms with Crippen LogP contribution < -0.4 is 5.32 Å². The third kappa shape index (κ3) is 4.04. The van der Waals surface area contributed by atoms with E-state index in [1.807, 2.05) is 6.20 Å². The number of thiazole rings is 1. The number of nitrogens with zero attached hydrogens (tertiary/aromatic N) is 1. The molecule has 1 aliphatic rings. The quantitative estimate of drug-likeness (QED) is 0.857. The van der Waals surface area contributed by atoms with Crippen molar-refractivity contribution in [3.63, 3.8) is 0 Å². The minimum atomic E-state index is 0.153. The monoisotopic (exact) mass is 268 g/mol. The summed E-state index contributed by atoms with van der Waals surface area (Å²) >= 11 is 1.79. The molecule has 1 saturated carbocycles. The maximum absolute atomic E-state index is 5.84. The van der Waals surface area contributed by atoms with Crippen molar-refractivity contribution in [1.82, 2.24) is 10.3 Å². The maximum atomic E-state index is 5.84. The number of hydrogen-bond acceptors (Lipinski definition) is 4. The third-order valence-corrected chi connectivity index (χ3v) is 4.06. The van der Waals surface area contributed by atoms with Gasteiger partial charge in [-0.2, -0.15) is 0 Å². The van der Waals surface area contributed by atoms with Crippen molar-refractivity contribution in [3.05, 3.63) is 16.1 Å². The topological polar surface area (TPSA) is 34.1 Å². The predicted octanol–water partition coefficient (Wildman–Crippen LogP) is 3.52. The Morgan fingerprint density at radius 3 is 2.78 bits per heavy atom. The van der Waals surface area contributed by atoms with Gasteiger partial charge in [0.1, 0.15) is 11.1 Å². The summed E-state index contributed by atoms with van der Waals surface area (Å²) in [7, 11) is 0. The molecule has 1 unspecified atom stereocenters. The smallest absolute Gasteiger partial charge is 0.122 e. The molecule has 1 heterocycles. The van der Waals surface area contributed by atoms with Crippen LogP contribution in [0.3, 0.4) is 0 Å². The van der Waals surface area contributed by atoms with Gasteiger partial charge in [-0.25, -0.2) is 4.98 Å². The molecule has 1 aromatic heterocycles. The van der Waals surface area contributed by atoms with Crippen LogP contribution in [0.25, 0.3) is 0 Å². The lowest BCUT2D eigenvalue weighted by Gasteiger charge is -2.19. The zero-order valence-corrected chi connectivity index (χ0v) is 12.6. The minimum Gasteiger partial charge on any atom is -0.371 e. The summed E-state index contributed by atoms with van der Waals surface area (Å²) in [6, 6.07) is 0. The van der Waals surface area contributed by atoms with Gasteiger partial charge in [0.05, 0.1) is 0 Å². The fourth-order valence-electron chi connectivity index (χ4n) is 1.88. The summed E-state index contributed by atoms with van der Waals surface area (Å²) in [6.45, 7) is 10.3. The van der Waals surface area contributed by atoms with Gasteiger partial charge in [0, 0.05) is 29.8 Å². The highest BCUT2D eigenvalue weighted by Crippen LogP contribution is 2.44. The van der Waals surface area contributed by atoms with Gasteiger partial charge in [-0.3, -0.25) is 0 Å². The zero-order chi connectivity index (χ0) is 13.2. The Hall–Kier alpha value is -0.450. The predicted molar refractivity (Wildman–Crippen MR) is 75.8 cm³/mol. The van der Waals surface area contributed by atoms with Crippen molar-refractivity contribution < 1.29 is 4.74 Å². The van der Waals surface area contributed by atoms with Crippen molar-refractivity contribution in [1.29, 1.82) is 0 Å².